The average molecular weight is 478 g/mol. The van der Waals surface area contributed by atoms with Crippen molar-refractivity contribution in [2.45, 2.75) is 37.1 Å². The van der Waals surface area contributed by atoms with Crippen LogP contribution >= 0.6 is 11.8 Å². The summed E-state index contributed by atoms with van der Waals surface area (Å²) in [5, 5.41) is 15.7. The van der Waals surface area contributed by atoms with Crippen LogP contribution in [-0.2, 0) is 16.1 Å². The number of thioether (sulfide) groups is 1. The summed E-state index contributed by atoms with van der Waals surface area (Å²) >= 11 is 1.39. The number of hydrogen-bond acceptors (Lipinski definition) is 7. The molecule has 0 bridgehead atoms. The number of carbonyl (C=O) groups is 1. The van der Waals surface area contributed by atoms with Crippen molar-refractivity contribution in [1.29, 1.82) is 0 Å². The van der Waals surface area contributed by atoms with Crippen molar-refractivity contribution in [2.75, 3.05) is 26.0 Å². The Bertz CT molecular complexity index is 1160. The normalized spacial score (nSPS) is 17.7. The topological polar surface area (TPSA) is 81.8 Å². The fourth-order valence-electron chi connectivity index (χ4n) is 4.18. The number of hydrogen-bond donors (Lipinski definition) is 0. The summed E-state index contributed by atoms with van der Waals surface area (Å²) in [7, 11) is 1.65. The van der Waals surface area contributed by atoms with Crippen LogP contribution in [0.1, 0.15) is 24.8 Å². The number of ether oxygens (including phenoxy) is 2. The highest BCUT2D eigenvalue weighted by Gasteiger charge is 2.25. The van der Waals surface area contributed by atoms with Gasteiger partial charge in [-0.1, -0.05) is 42.1 Å². The van der Waals surface area contributed by atoms with Gasteiger partial charge in [-0.25, -0.2) is 5.01 Å². The molecule has 2 aromatic carbocycles. The molecule has 0 N–H and O–H groups in total. The van der Waals surface area contributed by atoms with Crippen molar-refractivity contribution in [3.8, 4) is 17.1 Å². The fourth-order valence-corrected chi connectivity index (χ4v) is 4.99. The van der Waals surface area contributed by atoms with Crippen molar-refractivity contribution in [3.63, 3.8) is 0 Å². The molecule has 3 heterocycles. The third-order valence-electron chi connectivity index (χ3n) is 6.00. The molecule has 0 radical (unpaired) electrons. The summed E-state index contributed by atoms with van der Waals surface area (Å²) in [6.45, 7) is 2.04. The second-order valence-electron chi connectivity index (χ2n) is 8.25. The van der Waals surface area contributed by atoms with E-state index >= 15 is 0 Å². The maximum Gasteiger partial charge on any atom is 0.253 e. The molecule has 1 fully saturated rings. The van der Waals surface area contributed by atoms with Gasteiger partial charge in [-0.15, -0.1) is 10.2 Å². The summed E-state index contributed by atoms with van der Waals surface area (Å²) < 4.78 is 13.2. The van der Waals surface area contributed by atoms with Gasteiger partial charge < -0.3 is 9.47 Å². The lowest BCUT2D eigenvalue weighted by atomic mass is 10.1. The number of amides is 1. The van der Waals surface area contributed by atoms with E-state index in [0.717, 1.165) is 54.3 Å². The molecule has 1 amide bonds. The number of rotatable bonds is 8. The second kappa shape index (κ2) is 10.4. The Morgan fingerprint density at radius 1 is 1.12 bits per heavy atom. The van der Waals surface area contributed by atoms with Crippen LogP contribution in [0.2, 0.25) is 0 Å². The smallest absolute Gasteiger partial charge is 0.253 e. The lowest BCUT2D eigenvalue weighted by molar-refractivity contribution is -0.127. The van der Waals surface area contributed by atoms with Crippen molar-refractivity contribution in [1.82, 2.24) is 19.8 Å². The predicted octanol–water partition coefficient (Wildman–Crippen LogP) is 3.86. The van der Waals surface area contributed by atoms with Gasteiger partial charge >= 0.3 is 0 Å². The zero-order valence-corrected chi connectivity index (χ0v) is 19.9. The van der Waals surface area contributed by atoms with E-state index in [4.69, 9.17) is 9.47 Å². The Hall–Kier alpha value is -3.17. The predicted molar refractivity (Wildman–Crippen MR) is 131 cm³/mol. The molecular formula is C25H27N5O3S. The first-order chi connectivity index (χ1) is 16.7. The summed E-state index contributed by atoms with van der Waals surface area (Å²) in [4.78, 5) is 12.9. The molecule has 8 nitrogen and oxygen atoms in total. The van der Waals surface area contributed by atoms with Gasteiger partial charge in [-0.2, -0.15) is 5.10 Å². The molecule has 1 saturated heterocycles. The highest BCUT2D eigenvalue weighted by molar-refractivity contribution is 7.99. The summed E-state index contributed by atoms with van der Waals surface area (Å²) in [6, 6.07) is 17.8. The highest BCUT2D eigenvalue weighted by Crippen LogP contribution is 2.28. The van der Waals surface area contributed by atoms with E-state index in [1.54, 1.807) is 12.1 Å². The standard InChI is InChI=1S/C25H27N5O3S/c1-32-20-11-9-19(10-12-20)24-26-27-25(29(24)16-21-8-5-15-33-21)34-17-23(31)30-14-13-22(28-30)18-6-3-2-4-7-18/h2-4,6-7,9-12,21H,5,8,13-17H2,1H3/t21-/m1/s1. The molecule has 9 heteroatoms. The van der Waals surface area contributed by atoms with Crippen LogP contribution in [0.25, 0.3) is 11.4 Å². The second-order valence-corrected chi connectivity index (χ2v) is 9.19. The Balaban J connectivity index is 1.31. The molecule has 5 rings (SSSR count). The lowest BCUT2D eigenvalue weighted by Gasteiger charge is -2.15. The van der Waals surface area contributed by atoms with E-state index in [-0.39, 0.29) is 17.8 Å². The quantitative estimate of drug-likeness (QED) is 0.458. The van der Waals surface area contributed by atoms with Crippen LogP contribution in [0.15, 0.2) is 64.9 Å². The van der Waals surface area contributed by atoms with Crippen LogP contribution in [0.3, 0.4) is 0 Å². The van der Waals surface area contributed by atoms with Gasteiger partial charge in [0.2, 0.25) is 0 Å². The summed E-state index contributed by atoms with van der Waals surface area (Å²) in [5.41, 5.74) is 2.95. The van der Waals surface area contributed by atoms with E-state index in [1.165, 1.54) is 11.8 Å². The van der Waals surface area contributed by atoms with E-state index in [1.807, 2.05) is 54.6 Å². The summed E-state index contributed by atoms with van der Waals surface area (Å²) in [6.07, 6.45) is 2.95. The molecule has 0 saturated carbocycles. The van der Waals surface area contributed by atoms with Crippen LogP contribution in [0, 0.1) is 0 Å². The minimum Gasteiger partial charge on any atom is -0.497 e. The first-order valence-electron chi connectivity index (χ1n) is 11.5. The number of methoxy groups -OCH3 is 1. The van der Waals surface area contributed by atoms with Gasteiger partial charge in [-0.3, -0.25) is 9.36 Å². The van der Waals surface area contributed by atoms with Gasteiger partial charge in [0.05, 0.1) is 37.8 Å². The molecule has 0 spiro atoms. The van der Waals surface area contributed by atoms with Crippen LogP contribution < -0.4 is 4.74 Å². The maximum absolute atomic E-state index is 12.9. The third-order valence-corrected chi connectivity index (χ3v) is 6.95. The van der Waals surface area contributed by atoms with Crippen molar-refractivity contribution in [2.24, 2.45) is 5.10 Å². The van der Waals surface area contributed by atoms with Gasteiger partial charge in [-0.05, 0) is 42.7 Å². The van der Waals surface area contributed by atoms with E-state index in [0.29, 0.717) is 18.2 Å². The van der Waals surface area contributed by atoms with Crippen LogP contribution in [0.5, 0.6) is 5.75 Å². The zero-order valence-electron chi connectivity index (χ0n) is 19.1. The SMILES string of the molecule is COc1ccc(-c2nnc(SCC(=O)N3CCC(c4ccccc4)=N3)n2C[C@H]2CCCO2)cc1. The van der Waals surface area contributed by atoms with Gasteiger partial charge in [0.15, 0.2) is 11.0 Å². The minimum absolute atomic E-state index is 0.0337. The first kappa shape index (κ1) is 22.6. The van der Waals surface area contributed by atoms with Crippen molar-refractivity contribution < 1.29 is 14.3 Å². The zero-order chi connectivity index (χ0) is 23.3. The molecule has 1 aromatic heterocycles. The number of carbonyl (C=O) groups excluding carboxylic acids is 1. The Morgan fingerprint density at radius 2 is 1.94 bits per heavy atom. The van der Waals surface area contributed by atoms with Crippen molar-refractivity contribution >= 4 is 23.4 Å². The monoisotopic (exact) mass is 477 g/mol. The number of benzene rings is 2. The molecule has 34 heavy (non-hydrogen) atoms. The van der Waals surface area contributed by atoms with Gasteiger partial charge in [0.1, 0.15) is 5.75 Å². The molecule has 0 aliphatic carbocycles. The van der Waals surface area contributed by atoms with Crippen LogP contribution in [0.4, 0.5) is 0 Å². The molecule has 2 aliphatic rings. The first-order valence-corrected chi connectivity index (χ1v) is 12.4. The van der Waals surface area contributed by atoms with Gasteiger partial charge in [0.25, 0.3) is 5.91 Å². The molecular weight excluding hydrogens is 450 g/mol. The largest absolute Gasteiger partial charge is 0.497 e. The maximum atomic E-state index is 12.9. The molecule has 2 aliphatic heterocycles. The number of aromatic nitrogens is 3. The third kappa shape index (κ3) is 5.00. The highest BCUT2D eigenvalue weighted by atomic mass is 32.2. The Morgan fingerprint density at radius 3 is 2.68 bits per heavy atom. The molecule has 0 unspecified atom stereocenters. The lowest BCUT2D eigenvalue weighted by Crippen LogP contribution is -2.25. The fraction of sp³-hybridized carbons (Fsp3) is 0.360. The average Bonchev–Trinajstić information content (AvgIpc) is 3.65. The van der Waals surface area contributed by atoms with E-state index in [9.17, 15) is 4.79 Å². The number of nitrogens with zero attached hydrogens (tertiary/aromatic N) is 5. The van der Waals surface area contributed by atoms with E-state index < -0.39 is 0 Å². The van der Waals surface area contributed by atoms with Crippen LogP contribution in [-0.4, -0.2) is 63.5 Å². The van der Waals surface area contributed by atoms with Gasteiger partial charge in [0, 0.05) is 18.6 Å². The Kier molecular flexibility index (Phi) is 6.92. The van der Waals surface area contributed by atoms with E-state index in [2.05, 4.69) is 19.9 Å². The molecule has 3 aromatic rings. The van der Waals surface area contributed by atoms with Crippen molar-refractivity contribution in [3.05, 3.63) is 60.2 Å². The number of hydrazone groups is 1. The minimum atomic E-state index is -0.0337. The summed E-state index contributed by atoms with van der Waals surface area (Å²) in [5.74, 6) is 1.76. The molecule has 176 valence electrons. The Labute approximate surface area is 203 Å². The molecule has 1 atom stereocenters.